The summed E-state index contributed by atoms with van der Waals surface area (Å²) in [6.07, 6.45) is 14.0. The first kappa shape index (κ1) is 68.3. The second kappa shape index (κ2) is 37.0. The summed E-state index contributed by atoms with van der Waals surface area (Å²) in [6.45, 7) is 21.0. The molecule has 1 unspecified atom stereocenters. The van der Waals surface area contributed by atoms with E-state index in [2.05, 4.69) is 102 Å². The first-order valence-corrected chi connectivity index (χ1v) is 43.7. The van der Waals surface area contributed by atoms with E-state index in [0.29, 0.717) is 101 Å². The Morgan fingerprint density at radius 2 is 0.649 bits per heavy atom. The van der Waals surface area contributed by atoms with Gasteiger partial charge in [0.2, 0.25) is 57.0 Å². The van der Waals surface area contributed by atoms with Crippen LogP contribution in [0, 0.1) is 122 Å². The zero-order valence-corrected chi connectivity index (χ0v) is 78.8. The van der Waals surface area contributed by atoms with E-state index in [1.165, 1.54) is 6.92 Å². The highest BCUT2D eigenvalue weighted by Crippen LogP contribution is 2.44. The molecule has 15 aromatic heterocycles. The van der Waals surface area contributed by atoms with Crippen LogP contribution in [0.1, 0.15) is 203 Å². The van der Waals surface area contributed by atoms with Crippen molar-refractivity contribution < 1.29 is 73.7 Å². The standard InChI is InChI=1S/2C24H27N2O.C23H25N2O.C22H23N2O.C20H19N2O.C3H4/c1-14-8-9-17-18-10-11-20(24(4,5)6)25-23(18)27-22(17)21(14)19-12-15(2)16(3)13-26(19)7;1-14(2)11-18-8-10-20-19-9-7-15(3)22(23(19)27-24(20)25-18)21-12-16(4)17(5)13-26(21)6;1-13(2)19-10-9-18-17-8-7-14(3)21(22(17)26-23(18)24-19)20-11-15(4)16(5)12-25(20)6;1-6-16-8-10-18-17-9-7-13(2)20(21(17)25-22(18)23-16)19-11-14(3)15(4)12-24(19)5;1-12-7-8-15-16-6-5-9-21-20(16)23-19(15)18(12)17-10-13(2)14(3)11-22(17)4;1-3-2/h8-13H,1-7H3;7-10,12-14H,11H2,1-6H3;7-13H,1-6H3;7-12H,6H2,1-5H3;5-11H,1-4H3;1H,2H3/q5*+1;/i3D3;1D3,5D3,14D;5D3,13D;4D3;3D3,9D;. The molecule has 15 heterocycles. The molecule has 1 atom stereocenters. The minimum atomic E-state index is -2.44. The highest BCUT2D eigenvalue weighted by Gasteiger charge is 2.30. The largest absolute Gasteiger partial charge is 0.437 e. The molecular weight excluding hydrogens is 1610 g/mol. The summed E-state index contributed by atoms with van der Waals surface area (Å²) in [5, 5.41) is 9.29. The molecule has 20 rings (SSSR count). The van der Waals surface area contributed by atoms with E-state index >= 15 is 0 Å². The maximum absolute atomic E-state index is 8.26. The number of nitrogens with zero attached hydrogens (tertiary/aromatic N) is 10. The van der Waals surface area contributed by atoms with Gasteiger partial charge in [0.05, 0.1) is 29.2 Å². The van der Waals surface area contributed by atoms with Crippen LogP contribution in [-0.2, 0) is 53.5 Å². The molecule has 5 aromatic carbocycles. The zero-order valence-electron chi connectivity index (χ0n) is 99.8. The lowest BCUT2D eigenvalue weighted by atomic mass is 9.91. The van der Waals surface area contributed by atoms with E-state index in [1.54, 1.807) is 75.4 Å². The summed E-state index contributed by atoms with van der Waals surface area (Å²) < 4.78 is 204. The van der Waals surface area contributed by atoms with E-state index in [9.17, 15) is 0 Å². The van der Waals surface area contributed by atoms with Crippen molar-refractivity contribution in [1.29, 1.82) is 0 Å². The van der Waals surface area contributed by atoms with Crippen molar-refractivity contribution >= 4 is 110 Å². The fourth-order valence-corrected chi connectivity index (χ4v) is 16.9. The van der Waals surface area contributed by atoms with E-state index in [-0.39, 0.29) is 18.0 Å². The van der Waals surface area contributed by atoms with Crippen molar-refractivity contribution in [1.82, 2.24) is 24.9 Å². The van der Waals surface area contributed by atoms with Crippen LogP contribution in [0.4, 0.5) is 0 Å². The summed E-state index contributed by atoms with van der Waals surface area (Å²) in [4.78, 5) is 22.7. The van der Waals surface area contributed by atoms with Crippen LogP contribution in [0.15, 0.2) is 211 Å². The van der Waals surface area contributed by atoms with E-state index in [1.807, 2.05) is 213 Å². The normalized spacial score (nSPS) is 15.1. The molecule has 0 aliphatic carbocycles. The van der Waals surface area contributed by atoms with Gasteiger partial charge in [-0.3, -0.25) is 0 Å². The van der Waals surface area contributed by atoms with E-state index < -0.39 is 52.9 Å². The molecule has 0 amide bonds. The molecule has 20 aromatic rings. The molecule has 15 heteroatoms. The maximum Gasteiger partial charge on any atom is 0.227 e. The third kappa shape index (κ3) is 18.0. The zero-order chi connectivity index (χ0) is 112. The molecule has 0 aliphatic rings. The second-order valence-corrected chi connectivity index (χ2v) is 35.6. The topological polar surface area (TPSA) is 150 Å². The maximum atomic E-state index is 8.26. The number of rotatable bonds is 9. The Morgan fingerprint density at radius 3 is 0.962 bits per heavy atom. The van der Waals surface area contributed by atoms with Gasteiger partial charge in [0.15, 0.2) is 58.9 Å². The van der Waals surface area contributed by atoms with E-state index in [0.717, 1.165) is 178 Å². The average Bonchev–Trinajstić information content (AvgIpc) is 1.60. The quantitative estimate of drug-likeness (QED) is 0.101. The Bertz CT molecular complexity index is 8690. The van der Waals surface area contributed by atoms with Crippen molar-refractivity contribution in [2.24, 2.45) is 41.1 Å². The molecule has 0 saturated heterocycles. The SMILES string of the molecule is C#CC.[2H]C([2H])([2H])c1c[n+](C)c(-c2c(C)ccc3c2oc2nc(C(C)(C)C)ccc23)cc1C.[2H]C([2H])([2H])c1c[n+](C)c(-c2c(C)ccc3c2oc2nc(C([2H])(C)C)ccc23)cc1C.[2H]C([2H])([2H])c1c[n+](C)c(-c2c(C)ccc3c2oc2nc(CC([2H])(C)C([2H])([2H])[2H])ccc23)cc1C.[2H]C([2H])([2H])c1c[n+](C)c(-c2c(C)ccc3c2oc2nc(CC)ccc23)cc1C.[2H]c1ccc2c(n1)oc1c(-c3cc(C)c(C([2H])([2H])[2H])c[n+]3C)c(C)ccc12. The van der Waals surface area contributed by atoms with Crippen LogP contribution in [0.3, 0.4) is 0 Å². The molecule has 0 spiro atoms. The lowest BCUT2D eigenvalue weighted by Gasteiger charge is -2.16. The Kier molecular flexibility index (Phi) is 19.3. The summed E-state index contributed by atoms with van der Waals surface area (Å²) in [5.41, 5.74) is 28.6. The Hall–Kier alpha value is -13.8. The Balaban J connectivity index is 0.000000141. The van der Waals surface area contributed by atoms with Crippen molar-refractivity contribution in [2.75, 3.05) is 0 Å². The van der Waals surface area contributed by atoms with Gasteiger partial charge < -0.3 is 22.1 Å². The average molecular weight is 1760 g/mol. The monoisotopic (exact) mass is 1760 g/mol. The van der Waals surface area contributed by atoms with Gasteiger partial charge in [0.25, 0.3) is 0 Å². The van der Waals surface area contributed by atoms with Crippen LogP contribution in [0.25, 0.3) is 167 Å². The predicted octanol–water partition coefficient (Wildman–Crippen LogP) is 26.8. The molecule has 0 bridgehead atoms. The molecular formula is C116H125N10O5+5. The number of benzene rings is 5. The van der Waals surface area contributed by atoms with Crippen molar-refractivity contribution in [3.05, 3.63) is 295 Å². The lowest BCUT2D eigenvalue weighted by molar-refractivity contribution is -0.660. The molecule has 0 radical (unpaired) electrons. The number of terminal acetylenes is 1. The number of aromatic nitrogens is 10. The summed E-state index contributed by atoms with van der Waals surface area (Å²) in [5.74, 6) is -0.238. The molecule has 0 aliphatic heterocycles. The minimum Gasteiger partial charge on any atom is -0.437 e. The smallest absolute Gasteiger partial charge is 0.227 e. The first-order chi connectivity index (χ1) is 70.6. The van der Waals surface area contributed by atoms with Crippen molar-refractivity contribution in [3.63, 3.8) is 0 Å². The van der Waals surface area contributed by atoms with Gasteiger partial charge in [-0.15, -0.1) is 12.3 Å². The summed E-state index contributed by atoms with van der Waals surface area (Å²) in [6, 6.07) is 49.0. The lowest BCUT2D eigenvalue weighted by Crippen LogP contribution is -2.31. The van der Waals surface area contributed by atoms with Gasteiger partial charge in [0, 0.05) is 174 Å². The minimum absolute atomic E-state index is 0.0346. The van der Waals surface area contributed by atoms with Crippen LogP contribution in [0.5, 0.6) is 0 Å². The number of hydrogen-bond donors (Lipinski definition) is 0. The molecule has 0 N–H and O–H groups in total. The number of fused-ring (bicyclic) bond motifs is 15. The number of aryl methyl sites for hydroxylation is 21. The first-order valence-electron chi connectivity index (χ1n) is 54.2. The van der Waals surface area contributed by atoms with Crippen LogP contribution >= 0.6 is 0 Å². The Morgan fingerprint density at radius 1 is 0.366 bits per heavy atom. The van der Waals surface area contributed by atoms with Crippen LogP contribution in [0.2, 0.25) is 0 Å². The van der Waals surface area contributed by atoms with Crippen molar-refractivity contribution in [2.45, 2.75) is 190 Å². The summed E-state index contributed by atoms with van der Waals surface area (Å²) in [7, 11) is 9.25. The third-order valence-electron chi connectivity index (χ3n) is 24.3. The van der Waals surface area contributed by atoms with Crippen LogP contribution in [-0.4, -0.2) is 24.9 Å². The molecule has 0 saturated carbocycles. The Labute approximate surface area is 800 Å². The number of pyridine rings is 10. The molecule has 15 nitrogen and oxygen atoms in total. The second-order valence-electron chi connectivity index (χ2n) is 35.6. The third-order valence-corrected chi connectivity index (χ3v) is 24.3. The molecule has 0 fully saturated rings. The molecule has 131 heavy (non-hydrogen) atoms. The highest BCUT2D eigenvalue weighted by molar-refractivity contribution is 6.13. The van der Waals surface area contributed by atoms with Crippen LogP contribution < -0.4 is 22.8 Å². The summed E-state index contributed by atoms with van der Waals surface area (Å²) >= 11 is 0. The highest BCUT2D eigenvalue weighted by atomic mass is 16.4. The van der Waals surface area contributed by atoms with Gasteiger partial charge >= 0.3 is 0 Å². The van der Waals surface area contributed by atoms with Gasteiger partial charge in [-0.1, -0.05) is 116 Å². The number of hydrogen-bond acceptors (Lipinski definition) is 10. The van der Waals surface area contributed by atoms with Gasteiger partial charge in [-0.05, 0) is 251 Å². The van der Waals surface area contributed by atoms with Gasteiger partial charge in [0.1, 0.15) is 35.2 Å². The van der Waals surface area contributed by atoms with E-state index in [4.69, 9.17) is 55.9 Å². The molecule has 664 valence electrons. The predicted molar refractivity (Wildman–Crippen MR) is 537 cm³/mol. The van der Waals surface area contributed by atoms with Gasteiger partial charge in [-0.25, -0.2) is 47.8 Å². The van der Waals surface area contributed by atoms with Crippen molar-refractivity contribution in [3.8, 4) is 68.6 Å². The fraction of sp³-hybridized carbons (Fsp3) is 0.293. The fourth-order valence-electron chi connectivity index (χ4n) is 16.9. The number of furan rings is 5. The van der Waals surface area contributed by atoms with Gasteiger partial charge in [-0.2, -0.15) is 0 Å².